The lowest BCUT2D eigenvalue weighted by atomic mass is 9.83. The highest BCUT2D eigenvalue weighted by Crippen LogP contribution is 2.31. The number of nitrogens with two attached hydrogens (primary N) is 1. The van der Waals surface area contributed by atoms with Crippen molar-refractivity contribution >= 4 is 11.8 Å². The van der Waals surface area contributed by atoms with Crippen LogP contribution >= 0.6 is 0 Å². The van der Waals surface area contributed by atoms with E-state index in [1.54, 1.807) is 0 Å². The second-order valence-electron chi connectivity index (χ2n) is 4.83. The number of rotatable bonds is 2. The first kappa shape index (κ1) is 13.3. The summed E-state index contributed by atoms with van der Waals surface area (Å²) in [7, 11) is 0. The summed E-state index contributed by atoms with van der Waals surface area (Å²) in [4.78, 5) is 10.4. The number of carboxylic acid groups (broad SMARTS) is 1. The summed E-state index contributed by atoms with van der Waals surface area (Å²) < 4.78 is 17.8. The van der Waals surface area contributed by atoms with Gasteiger partial charge in [0, 0.05) is 11.3 Å². The van der Waals surface area contributed by atoms with Crippen LogP contribution in [0.15, 0.2) is 12.1 Å². The molecule has 0 amide bonds. The van der Waals surface area contributed by atoms with Crippen molar-refractivity contribution in [1.82, 2.24) is 0 Å². The zero-order valence-corrected chi connectivity index (χ0v) is 10.1. The van der Waals surface area contributed by atoms with Crippen molar-refractivity contribution in [3.63, 3.8) is 0 Å². The molecular formula is C12H16FNO3. The standard InChI is InChI=1S/C12H16FNO3/c1-12(2,3)9-4-7(13)5-10(14)8(9)6-17-11(15)16/h4-5H,6,14H2,1-3H3,(H,15,16). The summed E-state index contributed by atoms with van der Waals surface area (Å²) in [5, 5.41) is 8.48. The fourth-order valence-corrected chi connectivity index (χ4v) is 1.62. The average Bonchev–Trinajstić information content (AvgIpc) is 2.13. The topological polar surface area (TPSA) is 72.5 Å². The van der Waals surface area contributed by atoms with Gasteiger partial charge in [-0.3, -0.25) is 0 Å². The molecule has 0 atom stereocenters. The van der Waals surface area contributed by atoms with E-state index in [0.717, 1.165) is 6.07 Å². The van der Waals surface area contributed by atoms with Crippen LogP contribution in [-0.4, -0.2) is 11.3 Å². The van der Waals surface area contributed by atoms with E-state index in [-0.39, 0.29) is 17.7 Å². The summed E-state index contributed by atoms with van der Waals surface area (Å²) in [5.41, 5.74) is 6.72. The van der Waals surface area contributed by atoms with Gasteiger partial charge in [-0.15, -0.1) is 0 Å². The van der Waals surface area contributed by atoms with E-state index in [1.165, 1.54) is 6.07 Å². The number of hydrogen-bond donors (Lipinski definition) is 2. The predicted molar refractivity (Wildman–Crippen MR) is 62.3 cm³/mol. The number of halogens is 1. The lowest BCUT2D eigenvalue weighted by molar-refractivity contribution is 0.0851. The normalized spacial score (nSPS) is 11.3. The van der Waals surface area contributed by atoms with Gasteiger partial charge < -0.3 is 15.6 Å². The molecule has 3 N–H and O–H groups in total. The number of anilines is 1. The molecule has 0 saturated heterocycles. The minimum atomic E-state index is -1.38. The Balaban J connectivity index is 3.21. The maximum absolute atomic E-state index is 13.3. The van der Waals surface area contributed by atoms with E-state index >= 15 is 0 Å². The number of nitrogen functional groups attached to an aromatic ring is 1. The Morgan fingerprint density at radius 3 is 2.53 bits per heavy atom. The summed E-state index contributed by atoms with van der Waals surface area (Å²) in [6, 6.07) is 2.52. The molecule has 0 aliphatic carbocycles. The Morgan fingerprint density at radius 1 is 1.47 bits per heavy atom. The van der Waals surface area contributed by atoms with Crippen LogP contribution in [0.5, 0.6) is 0 Å². The third-order valence-corrected chi connectivity index (χ3v) is 2.40. The summed E-state index contributed by atoms with van der Waals surface area (Å²) in [5.74, 6) is -0.438. The van der Waals surface area contributed by atoms with E-state index in [2.05, 4.69) is 4.74 Å². The molecule has 0 saturated carbocycles. The first-order valence-electron chi connectivity index (χ1n) is 5.16. The molecule has 0 radical (unpaired) electrons. The number of hydrogen-bond acceptors (Lipinski definition) is 3. The van der Waals surface area contributed by atoms with E-state index in [9.17, 15) is 9.18 Å². The zero-order chi connectivity index (χ0) is 13.2. The molecular weight excluding hydrogens is 225 g/mol. The van der Waals surface area contributed by atoms with Crippen molar-refractivity contribution in [1.29, 1.82) is 0 Å². The molecule has 0 aliphatic rings. The van der Waals surface area contributed by atoms with Crippen molar-refractivity contribution in [3.05, 3.63) is 29.1 Å². The molecule has 0 heterocycles. The molecule has 0 unspecified atom stereocenters. The Morgan fingerprint density at radius 2 is 2.06 bits per heavy atom. The molecule has 0 spiro atoms. The minimum Gasteiger partial charge on any atom is -0.450 e. The second kappa shape index (κ2) is 4.61. The van der Waals surface area contributed by atoms with Crippen LogP contribution in [0, 0.1) is 5.82 Å². The first-order valence-corrected chi connectivity index (χ1v) is 5.16. The maximum Gasteiger partial charge on any atom is 0.506 e. The third kappa shape index (κ3) is 3.34. The summed E-state index contributed by atoms with van der Waals surface area (Å²) in [6.45, 7) is 5.51. The van der Waals surface area contributed by atoms with Crippen LogP contribution in [0.25, 0.3) is 0 Å². The van der Waals surface area contributed by atoms with Gasteiger partial charge in [-0.2, -0.15) is 0 Å². The first-order chi connectivity index (χ1) is 7.71. The fraction of sp³-hybridized carbons (Fsp3) is 0.417. The summed E-state index contributed by atoms with van der Waals surface area (Å²) in [6.07, 6.45) is -1.38. The minimum absolute atomic E-state index is 0.173. The van der Waals surface area contributed by atoms with Crippen LogP contribution in [0.1, 0.15) is 31.9 Å². The molecule has 94 valence electrons. The van der Waals surface area contributed by atoms with E-state index in [1.807, 2.05) is 20.8 Å². The molecule has 4 nitrogen and oxygen atoms in total. The molecule has 0 aliphatic heterocycles. The van der Waals surface area contributed by atoms with Gasteiger partial charge in [0.1, 0.15) is 12.4 Å². The lowest BCUT2D eigenvalue weighted by Gasteiger charge is -2.24. The highest BCUT2D eigenvalue weighted by molar-refractivity contribution is 5.58. The number of benzene rings is 1. The lowest BCUT2D eigenvalue weighted by Crippen LogP contribution is -2.17. The van der Waals surface area contributed by atoms with Crippen molar-refractivity contribution in [2.24, 2.45) is 0 Å². The zero-order valence-electron chi connectivity index (χ0n) is 10.1. The highest BCUT2D eigenvalue weighted by atomic mass is 19.1. The molecule has 5 heteroatoms. The quantitative estimate of drug-likeness (QED) is 0.616. The predicted octanol–water partition coefficient (Wildman–Crippen LogP) is 2.90. The SMILES string of the molecule is CC(C)(C)c1cc(F)cc(N)c1COC(=O)O. The van der Waals surface area contributed by atoms with Crippen LogP contribution in [-0.2, 0) is 16.8 Å². The van der Waals surface area contributed by atoms with E-state index < -0.39 is 12.0 Å². The number of ether oxygens (including phenoxy) is 1. The molecule has 1 aromatic carbocycles. The van der Waals surface area contributed by atoms with E-state index in [0.29, 0.717) is 11.1 Å². The van der Waals surface area contributed by atoms with Crippen LogP contribution in [0.4, 0.5) is 14.9 Å². The molecule has 17 heavy (non-hydrogen) atoms. The molecule has 1 aromatic rings. The Bertz CT molecular complexity index is 438. The number of carbonyl (C=O) groups is 1. The van der Waals surface area contributed by atoms with Gasteiger partial charge in [0.2, 0.25) is 0 Å². The average molecular weight is 241 g/mol. The van der Waals surface area contributed by atoms with Gasteiger partial charge >= 0.3 is 6.16 Å². The molecule has 0 fully saturated rings. The van der Waals surface area contributed by atoms with Crippen molar-refractivity contribution < 1.29 is 19.0 Å². The van der Waals surface area contributed by atoms with Crippen molar-refractivity contribution in [2.75, 3.05) is 5.73 Å². The highest BCUT2D eigenvalue weighted by Gasteiger charge is 2.21. The summed E-state index contributed by atoms with van der Waals surface area (Å²) >= 11 is 0. The largest absolute Gasteiger partial charge is 0.506 e. The van der Waals surface area contributed by atoms with Crippen LogP contribution in [0.2, 0.25) is 0 Å². The maximum atomic E-state index is 13.3. The monoisotopic (exact) mass is 241 g/mol. The van der Waals surface area contributed by atoms with Crippen LogP contribution < -0.4 is 5.73 Å². The molecule has 0 bridgehead atoms. The molecule has 0 aromatic heterocycles. The van der Waals surface area contributed by atoms with Gasteiger partial charge in [0.05, 0.1) is 0 Å². The fourth-order valence-electron chi connectivity index (χ4n) is 1.62. The van der Waals surface area contributed by atoms with Gasteiger partial charge in [0.15, 0.2) is 0 Å². The van der Waals surface area contributed by atoms with Crippen molar-refractivity contribution in [3.8, 4) is 0 Å². The van der Waals surface area contributed by atoms with Gasteiger partial charge in [-0.1, -0.05) is 20.8 Å². The van der Waals surface area contributed by atoms with Crippen molar-refractivity contribution in [2.45, 2.75) is 32.8 Å². The Labute approximate surface area is 99.2 Å². The van der Waals surface area contributed by atoms with Gasteiger partial charge in [-0.25, -0.2) is 9.18 Å². The second-order valence-corrected chi connectivity index (χ2v) is 4.83. The molecule has 1 rings (SSSR count). The Kier molecular flexibility index (Phi) is 3.60. The smallest absolute Gasteiger partial charge is 0.450 e. The third-order valence-electron chi connectivity index (χ3n) is 2.40. The van der Waals surface area contributed by atoms with Gasteiger partial charge in [-0.05, 0) is 23.1 Å². The Hall–Kier alpha value is -1.78. The van der Waals surface area contributed by atoms with Crippen LogP contribution in [0.3, 0.4) is 0 Å². The van der Waals surface area contributed by atoms with E-state index in [4.69, 9.17) is 10.8 Å². The van der Waals surface area contributed by atoms with Gasteiger partial charge in [0.25, 0.3) is 0 Å².